The molecule has 1 N–H and O–H groups in total. The van der Waals surface area contributed by atoms with Gasteiger partial charge in [0.05, 0.1) is 10.7 Å². The Morgan fingerprint density at radius 3 is 2.32 bits per heavy atom. The highest BCUT2D eigenvalue weighted by molar-refractivity contribution is 6.33. The summed E-state index contributed by atoms with van der Waals surface area (Å²) in [6.07, 6.45) is 3.82. The lowest BCUT2D eigenvalue weighted by atomic mass is 9.93. The average molecular weight is 375 g/mol. The predicted octanol–water partition coefficient (Wildman–Crippen LogP) is 5.83. The molecular formula is C19H20Cl2N4. The monoisotopic (exact) mass is 374 g/mol. The maximum absolute atomic E-state index is 6.42. The van der Waals surface area contributed by atoms with E-state index in [4.69, 9.17) is 28.2 Å². The van der Waals surface area contributed by atoms with Crippen LogP contribution in [0.15, 0.2) is 42.7 Å². The second-order valence-electron chi connectivity index (χ2n) is 7.00. The number of halogens is 2. The fraction of sp³-hybridized carbons (Fsp3) is 0.263. The van der Waals surface area contributed by atoms with Crippen molar-refractivity contribution in [2.75, 3.05) is 5.32 Å². The molecule has 6 heteroatoms. The molecule has 3 aromatic rings. The van der Waals surface area contributed by atoms with Gasteiger partial charge >= 0.3 is 0 Å². The molecule has 130 valence electrons. The van der Waals surface area contributed by atoms with Crippen molar-refractivity contribution in [2.24, 2.45) is 7.05 Å². The Balaban J connectivity index is 1.89. The van der Waals surface area contributed by atoms with E-state index in [0.717, 1.165) is 22.8 Å². The molecule has 0 amide bonds. The molecule has 0 unspecified atom stereocenters. The fourth-order valence-corrected chi connectivity index (χ4v) is 2.76. The van der Waals surface area contributed by atoms with Gasteiger partial charge < -0.3 is 9.88 Å². The number of rotatable bonds is 3. The van der Waals surface area contributed by atoms with Crippen molar-refractivity contribution >= 4 is 34.7 Å². The zero-order valence-electron chi connectivity index (χ0n) is 14.6. The van der Waals surface area contributed by atoms with Crippen molar-refractivity contribution in [3.8, 4) is 11.4 Å². The van der Waals surface area contributed by atoms with Crippen LogP contribution in [-0.2, 0) is 12.5 Å². The second-order valence-corrected chi connectivity index (χ2v) is 7.84. The molecule has 3 rings (SSSR count). The summed E-state index contributed by atoms with van der Waals surface area (Å²) >= 11 is 12.3. The SMILES string of the molecule is Cn1cc(C(C)(C)C)nc1-c1cnc(Nc2ccc(Cl)cc2)c(Cl)c1. The summed E-state index contributed by atoms with van der Waals surface area (Å²) in [7, 11) is 1.98. The van der Waals surface area contributed by atoms with Gasteiger partial charge in [0.2, 0.25) is 0 Å². The van der Waals surface area contributed by atoms with Crippen molar-refractivity contribution in [3.05, 3.63) is 58.5 Å². The molecule has 0 bridgehead atoms. The van der Waals surface area contributed by atoms with Crippen LogP contribution in [0, 0.1) is 0 Å². The Morgan fingerprint density at radius 1 is 1.08 bits per heavy atom. The molecule has 4 nitrogen and oxygen atoms in total. The van der Waals surface area contributed by atoms with E-state index in [0.29, 0.717) is 15.9 Å². The molecule has 2 heterocycles. The van der Waals surface area contributed by atoms with Gasteiger partial charge in [-0.25, -0.2) is 9.97 Å². The van der Waals surface area contributed by atoms with Gasteiger partial charge in [-0.2, -0.15) is 0 Å². The number of nitrogens with zero attached hydrogens (tertiary/aromatic N) is 3. The maximum Gasteiger partial charge on any atom is 0.149 e. The van der Waals surface area contributed by atoms with Crippen molar-refractivity contribution < 1.29 is 0 Å². The van der Waals surface area contributed by atoms with Gasteiger partial charge in [-0.15, -0.1) is 0 Å². The minimum atomic E-state index is -0.0106. The number of anilines is 2. The standard InChI is InChI=1S/C19H20Cl2N4/c1-19(2,3)16-11-25(4)18(24-16)12-9-15(21)17(22-10-12)23-14-7-5-13(20)6-8-14/h5-11H,1-4H3,(H,22,23). The first-order valence-corrected chi connectivity index (χ1v) is 8.72. The van der Waals surface area contributed by atoms with Gasteiger partial charge in [0.1, 0.15) is 11.6 Å². The van der Waals surface area contributed by atoms with Crippen LogP contribution < -0.4 is 5.32 Å². The highest BCUT2D eigenvalue weighted by atomic mass is 35.5. The molecule has 0 saturated carbocycles. The Labute approximate surface area is 157 Å². The van der Waals surface area contributed by atoms with E-state index in [1.54, 1.807) is 6.20 Å². The van der Waals surface area contributed by atoms with E-state index in [2.05, 4.69) is 31.1 Å². The van der Waals surface area contributed by atoms with Gasteiger partial charge in [0.25, 0.3) is 0 Å². The van der Waals surface area contributed by atoms with Crippen molar-refractivity contribution in [1.82, 2.24) is 14.5 Å². The summed E-state index contributed by atoms with van der Waals surface area (Å²) in [4.78, 5) is 9.20. The summed E-state index contributed by atoms with van der Waals surface area (Å²) < 4.78 is 2.00. The fourth-order valence-electron chi connectivity index (χ4n) is 2.42. The third kappa shape index (κ3) is 3.97. The molecule has 0 aliphatic carbocycles. The van der Waals surface area contributed by atoms with Gasteiger partial charge in [-0.05, 0) is 30.3 Å². The quantitative estimate of drug-likeness (QED) is 0.626. The molecule has 0 aliphatic rings. The van der Waals surface area contributed by atoms with Gasteiger partial charge in [-0.3, -0.25) is 0 Å². The molecule has 0 aliphatic heterocycles. The summed E-state index contributed by atoms with van der Waals surface area (Å²) in [6.45, 7) is 6.43. The first kappa shape index (κ1) is 17.8. The molecule has 0 spiro atoms. The number of pyridine rings is 1. The van der Waals surface area contributed by atoms with Crippen LogP contribution in [0.5, 0.6) is 0 Å². The van der Waals surface area contributed by atoms with E-state index >= 15 is 0 Å². The Morgan fingerprint density at radius 2 is 1.76 bits per heavy atom. The van der Waals surface area contributed by atoms with Crippen molar-refractivity contribution in [3.63, 3.8) is 0 Å². The lowest BCUT2D eigenvalue weighted by molar-refractivity contribution is 0.572. The zero-order valence-corrected chi connectivity index (χ0v) is 16.2. The van der Waals surface area contributed by atoms with Crippen molar-refractivity contribution in [2.45, 2.75) is 26.2 Å². The minimum absolute atomic E-state index is 0.0106. The molecule has 2 aromatic heterocycles. The Bertz CT molecular complexity index is 893. The van der Waals surface area contributed by atoms with Gasteiger partial charge in [-0.1, -0.05) is 44.0 Å². The first-order chi connectivity index (χ1) is 11.7. The van der Waals surface area contributed by atoms with Gasteiger partial charge in [0.15, 0.2) is 0 Å². The predicted molar refractivity (Wildman–Crippen MR) is 105 cm³/mol. The first-order valence-electron chi connectivity index (χ1n) is 7.96. The topological polar surface area (TPSA) is 42.7 Å². The third-order valence-corrected chi connectivity index (χ3v) is 4.39. The van der Waals surface area contributed by atoms with Crippen molar-refractivity contribution in [1.29, 1.82) is 0 Å². The highest BCUT2D eigenvalue weighted by Crippen LogP contribution is 2.30. The largest absolute Gasteiger partial charge is 0.339 e. The molecule has 0 radical (unpaired) electrons. The van der Waals surface area contributed by atoms with E-state index in [1.807, 2.05) is 48.1 Å². The maximum atomic E-state index is 6.42. The van der Waals surface area contributed by atoms with Crippen LogP contribution in [0.1, 0.15) is 26.5 Å². The van der Waals surface area contributed by atoms with Crippen LogP contribution in [0.2, 0.25) is 10.0 Å². The normalized spacial score (nSPS) is 11.6. The number of hydrogen-bond donors (Lipinski definition) is 1. The second kappa shape index (κ2) is 6.70. The summed E-state index contributed by atoms with van der Waals surface area (Å²) in [6, 6.07) is 9.26. The van der Waals surface area contributed by atoms with E-state index in [9.17, 15) is 0 Å². The summed E-state index contributed by atoms with van der Waals surface area (Å²) in [5, 5.41) is 4.41. The minimum Gasteiger partial charge on any atom is -0.339 e. The summed E-state index contributed by atoms with van der Waals surface area (Å²) in [5.41, 5.74) is 2.77. The van der Waals surface area contributed by atoms with E-state index < -0.39 is 0 Å². The van der Waals surface area contributed by atoms with Crippen LogP contribution in [0.25, 0.3) is 11.4 Å². The number of imidazole rings is 1. The van der Waals surface area contributed by atoms with Gasteiger partial charge in [0, 0.05) is 41.1 Å². The smallest absolute Gasteiger partial charge is 0.149 e. The lowest BCUT2D eigenvalue weighted by Gasteiger charge is -2.14. The number of aromatic nitrogens is 3. The number of benzene rings is 1. The molecule has 1 aromatic carbocycles. The van der Waals surface area contributed by atoms with Crippen LogP contribution in [0.3, 0.4) is 0 Å². The van der Waals surface area contributed by atoms with Crippen LogP contribution >= 0.6 is 23.2 Å². The lowest BCUT2D eigenvalue weighted by Crippen LogP contribution is -2.11. The Hall–Kier alpha value is -2.04. The third-order valence-electron chi connectivity index (χ3n) is 3.85. The number of nitrogens with one attached hydrogen (secondary N) is 1. The van der Waals surface area contributed by atoms with E-state index in [-0.39, 0.29) is 5.41 Å². The highest BCUT2D eigenvalue weighted by Gasteiger charge is 2.20. The number of hydrogen-bond acceptors (Lipinski definition) is 3. The van der Waals surface area contributed by atoms with Crippen LogP contribution in [-0.4, -0.2) is 14.5 Å². The molecular weight excluding hydrogens is 355 g/mol. The molecule has 0 saturated heterocycles. The van der Waals surface area contributed by atoms with E-state index in [1.165, 1.54) is 0 Å². The Kier molecular flexibility index (Phi) is 4.76. The van der Waals surface area contributed by atoms with Crippen LogP contribution in [0.4, 0.5) is 11.5 Å². The molecule has 0 atom stereocenters. The molecule has 0 fully saturated rings. The summed E-state index contributed by atoms with van der Waals surface area (Å²) in [5.74, 6) is 1.44. The zero-order chi connectivity index (χ0) is 18.2. The average Bonchev–Trinajstić information content (AvgIpc) is 2.93. The molecule has 25 heavy (non-hydrogen) atoms. The number of aryl methyl sites for hydroxylation is 1.